The molecular formula is C30H51BrO7. The molecule has 0 amide bonds. The zero-order valence-corrected chi connectivity index (χ0v) is 26.1. The highest BCUT2D eigenvalue weighted by Crippen LogP contribution is 2.48. The highest BCUT2D eigenvalue weighted by molar-refractivity contribution is 9.09. The molecule has 8 heteroatoms. The highest BCUT2D eigenvalue weighted by Gasteiger charge is 2.54. The maximum absolute atomic E-state index is 11.0. The standard InChI is InChI=1S/C30H51BrO7/c1-18(19(32)17-22(33)28(6)15-12-23(37-28)26(2,3)34)20-9-10-24-29(7,36-20)16-13-25(35-24)30(8)14-11-21(31)27(4,5)38-30/h19-25,32-34H,1,9-17H2,2-8H3/t19-,20+,21+,22-,23+,24+,25+,28+,29-,30-/m0/s1. The van der Waals surface area contributed by atoms with Gasteiger partial charge >= 0.3 is 0 Å². The Labute approximate surface area is 237 Å². The van der Waals surface area contributed by atoms with Crippen molar-refractivity contribution in [3.05, 3.63) is 12.2 Å². The van der Waals surface area contributed by atoms with Crippen molar-refractivity contribution in [3.63, 3.8) is 0 Å². The van der Waals surface area contributed by atoms with Gasteiger partial charge in [0.2, 0.25) is 0 Å². The minimum Gasteiger partial charge on any atom is -0.390 e. The van der Waals surface area contributed by atoms with Crippen LogP contribution in [0.15, 0.2) is 12.2 Å². The molecule has 7 nitrogen and oxygen atoms in total. The first-order chi connectivity index (χ1) is 17.4. The fourth-order valence-electron chi connectivity index (χ4n) is 7.03. The summed E-state index contributed by atoms with van der Waals surface area (Å²) in [6, 6.07) is 0. The molecule has 0 spiro atoms. The van der Waals surface area contributed by atoms with E-state index in [0.29, 0.717) is 29.7 Å². The summed E-state index contributed by atoms with van der Waals surface area (Å²) in [5, 5.41) is 32.4. The average molecular weight is 604 g/mol. The fourth-order valence-corrected chi connectivity index (χ4v) is 7.35. The summed E-state index contributed by atoms with van der Waals surface area (Å²) in [7, 11) is 0. The van der Waals surface area contributed by atoms with Gasteiger partial charge in [0, 0.05) is 11.2 Å². The largest absolute Gasteiger partial charge is 0.390 e. The number of fused-ring (bicyclic) bond motifs is 1. The normalized spacial score (nSPS) is 45.3. The summed E-state index contributed by atoms with van der Waals surface area (Å²) in [6.07, 6.45) is 4.19. The molecule has 10 atom stereocenters. The van der Waals surface area contributed by atoms with Gasteiger partial charge in [0.25, 0.3) is 0 Å². The molecule has 0 aromatic carbocycles. The van der Waals surface area contributed by atoms with Gasteiger partial charge < -0.3 is 34.3 Å². The predicted octanol–water partition coefficient (Wildman–Crippen LogP) is 4.96. The second kappa shape index (κ2) is 10.6. The Bertz CT molecular complexity index is 873. The predicted molar refractivity (Wildman–Crippen MR) is 151 cm³/mol. The second-order valence-electron chi connectivity index (χ2n) is 14.1. The monoisotopic (exact) mass is 602 g/mol. The molecule has 0 radical (unpaired) electrons. The van der Waals surface area contributed by atoms with E-state index in [-0.39, 0.29) is 42.0 Å². The van der Waals surface area contributed by atoms with Crippen LogP contribution in [0.25, 0.3) is 0 Å². The van der Waals surface area contributed by atoms with Crippen LogP contribution in [-0.2, 0) is 18.9 Å². The number of alkyl halides is 1. The summed E-state index contributed by atoms with van der Waals surface area (Å²) in [5.74, 6) is 0. The molecule has 220 valence electrons. The van der Waals surface area contributed by atoms with Crippen molar-refractivity contribution in [2.24, 2.45) is 0 Å². The van der Waals surface area contributed by atoms with Crippen molar-refractivity contribution in [2.45, 2.75) is 176 Å². The van der Waals surface area contributed by atoms with Crippen LogP contribution in [0.3, 0.4) is 0 Å². The maximum Gasteiger partial charge on any atom is 0.0924 e. The number of ether oxygens (including phenoxy) is 4. The lowest BCUT2D eigenvalue weighted by molar-refractivity contribution is -0.285. The van der Waals surface area contributed by atoms with Gasteiger partial charge in [0.1, 0.15) is 0 Å². The van der Waals surface area contributed by atoms with Gasteiger partial charge in [-0.3, -0.25) is 0 Å². The molecule has 0 unspecified atom stereocenters. The summed E-state index contributed by atoms with van der Waals surface area (Å²) in [6.45, 7) is 18.1. The minimum absolute atomic E-state index is 0.0174. The Morgan fingerprint density at radius 2 is 1.55 bits per heavy atom. The number of halogens is 1. The van der Waals surface area contributed by atoms with E-state index in [9.17, 15) is 15.3 Å². The minimum atomic E-state index is -0.976. The van der Waals surface area contributed by atoms with Crippen LogP contribution in [0.5, 0.6) is 0 Å². The van der Waals surface area contributed by atoms with Crippen molar-refractivity contribution in [1.82, 2.24) is 0 Å². The van der Waals surface area contributed by atoms with Crippen LogP contribution in [0, 0.1) is 0 Å². The molecule has 3 N–H and O–H groups in total. The first-order valence-corrected chi connectivity index (χ1v) is 15.4. The quantitative estimate of drug-likeness (QED) is 0.280. The second-order valence-corrected chi connectivity index (χ2v) is 15.2. The van der Waals surface area contributed by atoms with Gasteiger partial charge in [-0.25, -0.2) is 0 Å². The molecule has 4 saturated heterocycles. The van der Waals surface area contributed by atoms with E-state index in [1.54, 1.807) is 13.8 Å². The highest BCUT2D eigenvalue weighted by atomic mass is 79.9. The van der Waals surface area contributed by atoms with E-state index in [4.69, 9.17) is 18.9 Å². The lowest BCUT2D eigenvalue weighted by atomic mass is 9.76. The van der Waals surface area contributed by atoms with Crippen molar-refractivity contribution in [1.29, 1.82) is 0 Å². The smallest absolute Gasteiger partial charge is 0.0924 e. The first-order valence-electron chi connectivity index (χ1n) is 14.5. The van der Waals surface area contributed by atoms with Crippen LogP contribution in [0.2, 0.25) is 0 Å². The molecule has 0 saturated carbocycles. The van der Waals surface area contributed by atoms with Crippen LogP contribution in [0.1, 0.15) is 106 Å². The van der Waals surface area contributed by atoms with Crippen LogP contribution in [0.4, 0.5) is 0 Å². The molecule has 4 aliphatic heterocycles. The Balaban J connectivity index is 1.33. The SMILES string of the molecule is C=C([C@@H](O)C[C@H](O)[C@@]1(C)CC[C@H](C(C)(C)O)O1)[C@H]1CC[C@H]2O[C@@H]([C@]3(C)CC[C@@H](Br)C(C)(C)O3)CC[C@]2(C)O1. The Morgan fingerprint density at radius 3 is 2.16 bits per heavy atom. The topological polar surface area (TPSA) is 97.6 Å². The van der Waals surface area contributed by atoms with Gasteiger partial charge in [-0.1, -0.05) is 22.5 Å². The van der Waals surface area contributed by atoms with Gasteiger partial charge in [0.05, 0.1) is 64.6 Å². The van der Waals surface area contributed by atoms with E-state index in [1.165, 1.54) is 0 Å². The van der Waals surface area contributed by atoms with E-state index in [0.717, 1.165) is 32.1 Å². The first kappa shape index (κ1) is 30.9. The van der Waals surface area contributed by atoms with E-state index in [1.807, 2.05) is 6.92 Å². The zero-order valence-electron chi connectivity index (χ0n) is 24.5. The third kappa shape index (κ3) is 6.08. The van der Waals surface area contributed by atoms with Gasteiger partial charge in [-0.2, -0.15) is 0 Å². The van der Waals surface area contributed by atoms with Gasteiger partial charge in [-0.05, 0) is 105 Å². The molecular weight excluding hydrogens is 552 g/mol. The van der Waals surface area contributed by atoms with E-state index < -0.39 is 29.0 Å². The van der Waals surface area contributed by atoms with Crippen molar-refractivity contribution >= 4 is 15.9 Å². The lowest BCUT2D eigenvalue weighted by Gasteiger charge is -2.55. The fraction of sp³-hybridized carbons (Fsp3) is 0.933. The Kier molecular flexibility index (Phi) is 8.66. The van der Waals surface area contributed by atoms with Crippen LogP contribution < -0.4 is 0 Å². The number of hydrogen-bond acceptors (Lipinski definition) is 7. The van der Waals surface area contributed by atoms with Gasteiger partial charge in [-0.15, -0.1) is 0 Å². The maximum atomic E-state index is 11.0. The number of aliphatic hydroxyl groups is 3. The van der Waals surface area contributed by atoms with E-state index in [2.05, 4.69) is 50.2 Å². The molecule has 4 aliphatic rings. The molecule has 4 heterocycles. The summed E-state index contributed by atoms with van der Waals surface area (Å²) in [5.41, 5.74) is -2.23. The molecule has 4 fully saturated rings. The Morgan fingerprint density at radius 1 is 0.921 bits per heavy atom. The summed E-state index contributed by atoms with van der Waals surface area (Å²) >= 11 is 3.78. The van der Waals surface area contributed by atoms with Gasteiger partial charge in [0.15, 0.2) is 0 Å². The number of hydrogen-bond donors (Lipinski definition) is 3. The molecule has 0 aromatic heterocycles. The van der Waals surface area contributed by atoms with E-state index >= 15 is 0 Å². The van der Waals surface area contributed by atoms with Crippen molar-refractivity contribution < 1.29 is 34.3 Å². The number of rotatable bonds is 7. The van der Waals surface area contributed by atoms with Crippen LogP contribution in [-0.4, -0.2) is 84.8 Å². The lowest BCUT2D eigenvalue weighted by Crippen LogP contribution is -2.62. The third-order valence-electron chi connectivity index (χ3n) is 9.94. The number of aliphatic hydroxyl groups excluding tert-OH is 2. The zero-order chi connectivity index (χ0) is 28.3. The molecule has 0 aliphatic carbocycles. The third-order valence-corrected chi connectivity index (χ3v) is 11.5. The van der Waals surface area contributed by atoms with Crippen molar-refractivity contribution in [3.8, 4) is 0 Å². The Hall–Kier alpha value is -0.0600. The molecule has 4 rings (SSSR count). The summed E-state index contributed by atoms with van der Waals surface area (Å²) in [4.78, 5) is 0.331. The van der Waals surface area contributed by atoms with Crippen LogP contribution >= 0.6 is 15.9 Å². The molecule has 0 bridgehead atoms. The molecule has 0 aromatic rings. The summed E-state index contributed by atoms with van der Waals surface area (Å²) < 4.78 is 26.0. The molecule has 38 heavy (non-hydrogen) atoms. The average Bonchev–Trinajstić information content (AvgIpc) is 3.24. The van der Waals surface area contributed by atoms with Crippen molar-refractivity contribution in [2.75, 3.05) is 0 Å².